The summed E-state index contributed by atoms with van der Waals surface area (Å²) in [5, 5.41) is 3.74. The standard InChI is InChI=1S/C8H7IN2OS/c1-4-3-6(13-5(4)2)7-10-8(9)11-12-7/h3H,1-2H3. The van der Waals surface area contributed by atoms with E-state index in [-0.39, 0.29) is 0 Å². The third-order valence-electron chi connectivity index (χ3n) is 1.78. The molecule has 0 aromatic carbocycles. The van der Waals surface area contributed by atoms with Gasteiger partial charge < -0.3 is 4.52 Å². The highest BCUT2D eigenvalue weighted by molar-refractivity contribution is 14.1. The molecule has 5 heteroatoms. The maximum atomic E-state index is 5.06. The molecule has 0 aliphatic rings. The highest BCUT2D eigenvalue weighted by Gasteiger charge is 2.10. The van der Waals surface area contributed by atoms with Crippen molar-refractivity contribution in [2.75, 3.05) is 0 Å². The van der Waals surface area contributed by atoms with Crippen LogP contribution in [0.15, 0.2) is 10.6 Å². The van der Waals surface area contributed by atoms with Gasteiger partial charge in [-0.2, -0.15) is 4.98 Å². The quantitative estimate of drug-likeness (QED) is 0.760. The second-order valence-electron chi connectivity index (χ2n) is 2.72. The molecule has 0 amide bonds. The summed E-state index contributed by atoms with van der Waals surface area (Å²) in [6.45, 7) is 4.17. The Morgan fingerprint density at radius 3 is 2.69 bits per heavy atom. The fraction of sp³-hybridized carbons (Fsp3) is 0.250. The molecule has 0 saturated heterocycles. The second kappa shape index (κ2) is 3.38. The van der Waals surface area contributed by atoms with Gasteiger partial charge in [-0.15, -0.1) is 11.3 Å². The lowest BCUT2D eigenvalue weighted by Gasteiger charge is -1.82. The molecule has 0 unspecified atom stereocenters. The van der Waals surface area contributed by atoms with E-state index in [0.29, 0.717) is 9.72 Å². The first-order valence-corrected chi connectivity index (χ1v) is 5.63. The zero-order valence-electron chi connectivity index (χ0n) is 7.17. The largest absolute Gasteiger partial charge is 0.332 e. The molecular weight excluding hydrogens is 299 g/mol. The van der Waals surface area contributed by atoms with Crippen LogP contribution in [0.2, 0.25) is 0 Å². The van der Waals surface area contributed by atoms with Crippen LogP contribution in [0.4, 0.5) is 0 Å². The van der Waals surface area contributed by atoms with E-state index < -0.39 is 0 Å². The van der Waals surface area contributed by atoms with Crippen LogP contribution < -0.4 is 0 Å². The Bertz CT molecular complexity index is 416. The van der Waals surface area contributed by atoms with Gasteiger partial charge in [-0.3, -0.25) is 0 Å². The van der Waals surface area contributed by atoms with Gasteiger partial charge in [0, 0.05) is 27.5 Å². The Morgan fingerprint density at radius 1 is 1.46 bits per heavy atom. The van der Waals surface area contributed by atoms with Gasteiger partial charge >= 0.3 is 0 Å². The zero-order chi connectivity index (χ0) is 9.42. The highest BCUT2D eigenvalue weighted by Crippen LogP contribution is 2.29. The number of hydrogen-bond donors (Lipinski definition) is 0. The van der Waals surface area contributed by atoms with E-state index in [1.165, 1.54) is 10.4 Å². The Morgan fingerprint density at radius 2 is 2.23 bits per heavy atom. The van der Waals surface area contributed by atoms with Crippen molar-refractivity contribution >= 4 is 33.9 Å². The Kier molecular flexibility index (Phi) is 2.37. The molecule has 2 heterocycles. The van der Waals surface area contributed by atoms with Crippen molar-refractivity contribution in [1.82, 2.24) is 10.1 Å². The summed E-state index contributed by atoms with van der Waals surface area (Å²) in [4.78, 5) is 6.50. The smallest absolute Gasteiger partial charge is 0.268 e. The number of halogens is 1. The van der Waals surface area contributed by atoms with Crippen molar-refractivity contribution in [1.29, 1.82) is 0 Å². The van der Waals surface area contributed by atoms with E-state index in [1.807, 2.05) is 22.6 Å². The fourth-order valence-corrected chi connectivity index (χ4v) is 2.26. The molecule has 0 spiro atoms. The number of nitrogens with zero attached hydrogens (tertiary/aromatic N) is 2. The van der Waals surface area contributed by atoms with Crippen molar-refractivity contribution in [3.05, 3.63) is 20.3 Å². The Balaban J connectivity index is 2.46. The van der Waals surface area contributed by atoms with Gasteiger partial charge in [-0.25, -0.2) is 0 Å². The summed E-state index contributed by atoms with van der Waals surface area (Å²) >= 11 is 3.71. The maximum Gasteiger partial charge on any atom is 0.268 e. The SMILES string of the molecule is Cc1cc(-c2nc(I)no2)sc1C. The van der Waals surface area contributed by atoms with Gasteiger partial charge in [0.2, 0.25) is 3.83 Å². The second-order valence-corrected chi connectivity index (χ2v) is 4.94. The first-order valence-electron chi connectivity index (χ1n) is 3.73. The number of rotatable bonds is 1. The molecule has 2 aromatic heterocycles. The van der Waals surface area contributed by atoms with E-state index in [2.05, 4.69) is 30.1 Å². The van der Waals surface area contributed by atoms with Crippen LogP contribution in [0.1, 0.15) is 10.4 Å². The average molecular weight is 306 g/mol. The van der Waals surface area contributed by atoms with Crippen molar-refractivity contribution in [3.63, 3.8) is 0 Å². The van der Waals surface area contributed by atoms with Crippen molar-refractivity contribution < 1.29 is 4.52 Å². The lowest BCUT2D eigenvalue weighted by Crippen LogP contribution is -1.71. The number of aryl methyl sites for hydroxylation is 2. The van der Waals surface area contributed by atoms with E-state index in [1.54, 1.807) is 11.3 Å². The van der Waals surface area contributed by atoms with Crippen LogP contribution in [0.5, 0.6) is 0 Å². The Hall–Kier alpha value is -0.430. The molecule has 0 bridgehead atoms. The highest BCUT2D eigenvalue weighted by atomic mass is 127. The third-order valence-corrected chi connectivity index (χ3v) is 3.36. The topological polar surface area (TPSA) is 38.9 Å². The molecule has 2 rings (SSSR count). The first kappa shape index (κ1) is 9.14. The summed E-state index contributed by atoms with van der Waals surface area (Å²) in [7, 11) is 0. The van der Waals surface area contributed by atoms with E-state index in [4.69, 9.17) is 4.52 Å². The van der Waals surface area contributed by atoms with E-state index in [9.17, 15) is 0 Å². The van der Waals surface area contributed by atoms with E-state index >= 15 is 0 Å². The molecule has 0 aliphatic heterocycles. The molecule has 3 nitrogen and oxygen atoms in total. The molecule has 2 aromatic rings. The number of aromatic nitrogens is 2. The molecule has 0 N–H and O–H groups in total. The summed E-state index contributed by atoms with van der Waals surface area (Å²) in [6.07, 6.45) is 0. The first-order chi connectivity index (χ1) is 6.16. The average Bonchev–Trinajstić information content (AvgIpc) is 2.61. The summed E-state index contributed by atoms with van der Waals surface area (Å²) in [5.74, 6) is 0.616. The van der Waals surface area contributed by atoms with Crippen LogP contribution in [-0.2, 0) is 0 Å². The van der Waals surface area contributed by atoms with Crippen LogP contribution in [0, 0.1) is 17.7 Å². The predicted molar refractivity (Wildman–Crippen MR) is 59.8 cm³/mol. The zero-order valence-corrected chi connectivity index (χ0v) is 10.1. The van der Waals surface area contributed by atoms with Crippen molar-refractivity contribution in [2.24, 2.45) is 0 Å². The van der Waals surface area contributed by atoms with Crippen LogP contribution in [-0.4, -0.2) is 10.1 Å². The van der Waals surface area contributed by atoms with Gasteiger partial charge in [0.05, 0.1) is 4.88 Å². The summed E-state index contributed by atoms with van der Waals surface area (Å²) in [5.41, 5.74) is 1.27. The summed E-state index contributed by atoms with van der Waals surface area (Å²) < 4.78 is 5.71. The lowest BCUT2D eigenvalue weighted by molar-refractivity contribution is 0.426. The van der Waals surface area contributed by atoms with Gasteiger partial charge in [0.1, 0.15) is 0 Å². The predicted octanol–water partition coefficient (Wildman–Crippen LogP) is 3.02. The minimum Gasteiger partial charge on any atom is -0.332 e. The molecule has 68 valence electrons. The minimum absolute atomic E-state index is 0.616. The molecule has 0 radical (unpaired) electrons. The monoisotopic (exact) mass is 306 g/mol. The normalized spacial score (nSPS) is 10.7. The van der Waals surface area contributed by atoms with Gasteiger partial charge in [0.25, 0.3) is 5.89 Å². The summed E-state index contributed by atoms with van der Waals surface area (Å²) in [6, 6.07) is 2.07. The molecule has 0 atom stereocenters. The van der Waals surface area contributed by atoms with Crippen LogP contribution >= 0.6 is 33.9 Å². The minimum atomic E-state index is 0.616. The van der Waals surface area contributed by atoms with Crippen molar-refractivity contribution in [2.45, 2.75) is 13.8 Å². The molecule has 0 saturated carbocycles. The van der Waals surface area contributed by atoms with Crippen molar-refractivity contribution in [3.8, 4) is 10.8 Å². The van der Waals surface area contributed by atoms with Crippen LogP contribution in [0.25, 0.3) is 10.8 Å². The molecular formula is C8H7IN2OS. The number of hydrogen-bond acceptors (Lipinski definition) is 4. The Labute approximate surface area is 93.3 Å². The van der Waals surface area contributed by atoms with Crippen LogP contribution in [0.3, 0.4) is 0 Å². The molecule has 0 aliphatic carbocycles. The molecule has 0 fully saturated rings. The fourth-order valence-electron chi connectivity index (χ4n) is 0.984. The lowest BCUT2D eigenvalue weighted by atomic mass is 10.3. The molecule has 13 heavy (non-hydrogen) atoms. The number of thiophene rings is 1. The van der Waals surface area contributed by atoms with E-state index in [0.717, 1.165) is 4.88 Å². The maximum absolute atomic E-state index is 5.06. The van der Waals surface area contributed by atoms with Gasteiger partial charge in [0.15, 0.2) is 0 Å². The van der Waals surface area contributed by atoms with Gasteiger partial charge in [-0.1, -0.05) is 5.16 Å². The van der Waals surface area contributed by atoms with Gasteiger partial charge in [-0.05, 0) is 25.5 Å². The third kappa shape index (κ3) is 1.76.